The van der Waals surface area contributed by atoms with Crippen LogP contribution in [0.1, 0.15) is 51.7 Å². The Bertz CT molecular complexity index is 1530. The van der Waals surface area contributed by atoms with Crippen molar-refractivity contribution in [2.24, 2.45) is 0 Å². The van der Waals surface area contributed by atoms with E-state index in [9.17, 15) is 4.79 Å². The monoisotopic (exact) mass is 552 g/mol. The fourth-order valence-electron chi connectivity index (χ4n) is 3.79. The van der Waals surface area contributed by atoms with Crippen LogP contribution in [0.4, 0.5) is 0 Å². The van der Waals surface area contributed by atoms with E-state index in [1.54, 1.807) is 48.5 Å². The van der Waals surface area contributed by atoms with Gasteiger partial charge < -0.3 is 14.0 Å². The van der Waals surface area contributed by atoms with Gasteiger partial charge in [-0.2, -0.15) is 0 Å². The van der Waals surface area contributed by atoms with Crippen LogP contribution in [0.3, 0.4) is 0 Å². The van der Waals surface area contributed by atoms with Crippen LogP contribution in [0.25, 0.3) is 11.3 Å². The maximum absolute atomic E-state index is 11.9. The average Bonchev–Trinajstić information content (AvgIpc) is 3.66. The number of rotatable bonds is 6. The van der Waals surface area contributed by atoms with Crippen LogP contribution < -0.4 is 4.74 Å². The number of pyridine rings is 1. The molecule has 37 heavy (non-hydrogen) atoms. The molecule has 1 saturated carbocycles. The van der Waals surface area contributed by atoms with Crippen molar-refractivity contribution in [1.29, 1.82) is 0 Å². The predicted octanol–water partition coefficient (Wildman–Crippen LogP) is 7.34. The molecule has 0 aliphatic heterocycles. The summed E-state index contributed by atoms with van der Waals surface area (Å²) in [5.74, 6) is 7.01. The number of hydrogen-bond acceptors (Lipinski definition) is 6. The number of benzene rings is 2. The van der Waals surface area contributed by atoms with Crippen molar-refractivity contribution in [1.82, 2.24) is 10.1 Å². The van der Waals surface area contributed by atoms with Gasteiger partial charge in [0.25, 0.3) is 0 Å². The van der Waals surface area contributed by atoms with Gasteiger partial charge in [-0.05, 0) is 49.2 Å². The summed E-state index contributed by atoms with van der Waals surface area (Å²) >= 11 is 19.4. The number of halogens is 3. The van der Waals surface area contributed by atoms with Crippen molar-refractivity contribution >= 4 is 40.8 Å². The minimum atomic E-state index is -0.559. The molecule has 0 unspecified atom stereocenters. The molecule has 5 rings (SSSR count). The quantitative estimate of drug-likeness (QED) is 0.184. The number of hydrogen-bond donors (Lipinski definition) is 0. The minimum Gasteiger partial charge on any atom is -0.489 e. The number of aromatic nitrogens is 2. The van der Waals surface area contributed by atoms with Crippen LogP contribution in [0.5, 0.6) is 5.75 Å². The Balaban J connectivity index is 1.38. The van der Waals surface area contributed by atoms with Gasteiger partial charge in [-0.25, -0.2) is 9.78 Å². The number of esters is 1. The summed E-state index contributed by atoms with van der Waals surface area (Å²) in [6.07, 6.45) is 3.57. The van der Waals surface area contributed by atoms with E-state index in [1.807, 2.05) is 0 Å². The molecule has 1 aliphatic rings. The van der Waals surface area contributed by atoms with Crippen molar-refractivity contribution in [3.8, 4) is 28.8 Å². The molecule has 0 amide bonds. The van der Waals surface area contributed by atoms with Crippen LogP contribution in [0.15, 0.2) is 59.3 Å². The maximum atomic E-state index is 11.9. The molecular weight excluding hydrogens is 535 g/mol. The lowest BCUT2D eigenvalue weighted by Crippen LogP contribution is -2.06. The summed E-state index contributed by atoms with van der Waals surface area (Å²) < 4.78 is 16.5. The Morgan fingerprint density at radius 2 is 1.78 bits per heavy atom. The van der Waals surface area contributed by atoms with Crippen molar-refractivity contribution in [3.05, 3.63) is 97.9 Å². The minimum absolute atomic E-state index is 0.142. The van der Waals surface area contributed by atoms with Gasteiger partial charge >= 0.3 is 5.97 Å². The van der Waals surface area contributed by atoms with Crippen LogP contribution in [-0.4, -0.2) is 23.2 Å². The van der Waals surface area contributed by atoms with Gasteiger partial charge in [0.15, 0.2) is 5.69 Å². The second-order valence-electron chi connectivity index (χ2n) is 8.32. The molecule has 6 nitrogen and oxygen atoms in total. The highest BCUT2D eigenvalue weighted by molar-refractivity contribution is 6.39. The molecule has 2 aromatic heterocycles. The number of methoxy groups -OCH3 is 1. The zero-order valence-electron chi connectivity index (χ0n) is 19.6. The second-order valence-corrected chi connectivity index (χ2v) is 9.54. The molecule has 0 spiro atoms. The molecular formula is C28H19Cl3N2O4. The van der Waals surface area contributed by atoms with Gasteiger partial charge in [-0.15, -0.1) is 0 Å². The van der Waals surface area contributed by atoms with E-state index in [0.29, 0.717) is 49.1 Å². The Hall–Kier alpha value is -3.50. The standard InChI is InChI=1S/C28H19Cl3N2O4/c1-35-28(34)25-17(4-3-13-32-25)8-7-16-11-12-19(14-23(16)31)36-15-20-26(33-37-27(20)18-9-10-18)24-21(29)5-2-6-22(24)30/h2-6,11-14,18H,9-10,15H2,1H3. The maximum Gasteiger partial charge on any atom is 0.357 e. The number of ether oxygens (including phenoxy) is 2. The van der Waals surface area contributed by atoms with Crippen LogP contribution in [0.2, 0.25) is 15.1 Å². The molecule has 1 aliphatic carbocycles. The zero-order chi connectivity index (χ0) is 25.9. The van der Waals surface area contributed by atoms with E-state index in [2.05, 4.69) is 22.0 Å². The van der Waals surface area contributed by atoms with Crippen molar-refractivity contribution in [2.45, 2.75) is 25.4 Å². The summed E-state index contributed by atoms with van der Waals surface area (Å²) in [7, 11) is 1.29. The fourth-order valence-corrected chi connectivity index (χ4v) is 4.59. The summed E-state index contributed by atoms with van der Waals surface area (Å²) in [6.45, 7) is 0.200. The normalized spacial score (nSPS) is 12.5. The molecule has 1 fully saturated rings. The van der Waals surface area contributed by atoms with Crippen LogP contribution in [-0.2, 0) is 11.3 Å². The average molecular weight is 554 g/mol. The predicted molar refractivity (Wildman–Crippen MR) is 141 cm³/mol. The highest BCUT2D eigenvalue weighted by Gasteiger charge is 2.33. The third kappa shape index (κ3) is 5.45. The van der Waals surface area contributed by atoms with E-state index in [1.165, 1.54) is 13.3 Å². The Morgan fingerprint density at radius 3 is 2.49 bits per heavy atom. The van der Waals surface area contributed by atoms with Gasteiger partial charge in [-0.1, -0.05) is 57.9 Å². The topological polar surface area (TPSA) is 74.5 Å². The van der Waals surface area contributed by atoms with Gasteiger partial charge in [0.05, 0.1) is 33.3 Å². The van der Waals surface area contributed by atoms with Gasteiger partial charge in [0.1, 0.15) is 23.8 Å². The lowest BCUT2D eigenvalue weighted by Gasteiger charge is -2.10. The van der Waals surface area contributed by atoms with E-state index >= 15 is 0 Å². The summed E-state index contributed by atoms with van der Waals surface area (Å²) in [5, 5.41) is 5.66. The first-order chi connectivity index (χ1) is 18.0. The number of carbonyl (C=O) groups is 1. The third-order valence-electron chi connectivity index (χ3n) is 5.81. The van der Waals surface area contributed by atoms with Crippen molar-refractivity contribution < 1.29 is 18.8 Å². The third-order valence-corrected chi connectivity index (χ3v) is 6.75. The lowest BCUT2D eigenvalue weighted by atomic mass is 10.0. The molecule has 4 aromatic rings. The molecule has 2 heterocycles. The molecule has 2 aromatic carbocycles. The molecule has 0 radical (unpaired) electrons. The first kappa shape index (κ1) is 25.2. The highest BCUT2D eigenvalue weighted by atomic mass is 35.5. The van der Waals surface area contributed by atoms with E-state index < -0.39 is 5.97 Å². The number of carbonyl (C=O) groups excluding carboxylic acids is 1. The fraction of sp³-hybridized carbons (Fsp3) is 0.179. The van der Waals surface area contributed by atoms with Gasteiger partial charge in [0, 0.05) is 29.3 Å². The Kier molecular flexibility index (Phi) is 7.38. The first-order valence-corrected chi connectivity index (χ1v) is 12.5. The van der Waals surface area contributed by atoms with Crippen molar-refractivity contribution in [2.75, 3.05) is 7.11 Å². The smallest absolute Gasteiger partial charge is 0.357 e. The van der Waals surface area contributed by atoms with Gasteiger partial charge in [0.2, 0.25) is 0 Å². The SMILES string of the molecule is COC(=O)c1ncccc1C#Cc1ccc(OCc2c(-c3c(Cl)cccc3Cl)noc2C2CC2)cc1Cl. The van der Waals surface area contributed by atoms with Crippen LogP contribution in [0, 0.1) is 11.8 Å². The highest BCUT2D eigenvalue weighted by Crippen LogP contribution is 2.46. The Labute approximate surface area is 228 Å². The zero-order valence-corrected chi connectivity index (χ0v) is 21.8. The van der Waals surface area contributed by atoms with E-state index in [0.717, 1.165) is 24.2 Å². The Morgan fingerprint density at radius 1 is 1.03 bits per heavy atom. The largest absolute Gasteiger partial charge is 0.489 e. The summed E-state index contributed by atoms with van der Waals surface area (Å²) in [6, 6.07) is 13.9. The van der Waals surface area contributed by atoms with E-state index in [-0.39, 0.29) is 12.3 Å². The molecule has 9 heteroatoms. The molecule has 186 valence electrons. The molecule has 0 saturated heterocycles. The molecule has 0 bridgehead atoms. The summed E-state index contributed by atoms with van der Waals surface area (Å²) in [4.78, 5) is 16.0. The van der Waals surface area contributed by atoms with Crippen molar-refractivity contribution in [3.63, 3.8) is 0 Å². The van der Waals surface area contributed by atoms with Gasteiger partial charge in [-0.3, -0.25) is 0 Å². The lowest BCUT2D eigenvalue weighted by molar-refractivity contribution is 0.0593. The molecule has 0 N–H and O–H groups in total. The molecule has 0 atom stereocenters. The number of nitrogens with zero attached hydrogens (tertiary/aromatic N) is 2. The first-order valence-electron chi connectivity index (χ1n) is 11.4. The van der Waals surface area contributed by atoms with E-state index in [4.69, 9.17) is 48.8 Å². The second kappa shape index (κ2) is 10.9. The van der Waals surface area contributed by atoms with Crippen LogP contribution >= 0.6 is 34.8 Å². The summed E-state index contributed by atoms with van der Waals surface area (Å²) in [5.41, 5.74) is 3.15.